The van der Waals surface area contributed by atoms with Gasteiger partial charge in [-0.25, -0.2) is 0 Å². The van der Waals surface area contributed by atoms with Gasteiger partial charge in [0.15, 0.2) is 0 Å². The van der Waals surface area contributed by atoms with Gasteiger partial charge >= 0.3 is 0 Å². The Balaban J connectivity index is -0.0000000150. The molecule has 0 unspecified atom stereocenters. The van der Waals surface area contributed by atoms with Gasteiger partial charge in [-0.05, 0) is 0 Å². The Hall–Kier alpha value is 2.21. The van der Waals surface area contributed by atoms with Gasteiger partial charge in [0, 0.05) is 65.4 Å². The van der Waals surface area contributed by atoms with Crippen molar-refractivity contribution in [1.82, 2.24) is 0 Å². The first-order valence-electron chi connectivity index (χ1n) is 1.56. The van der Waals surface area contributed by atoms with Gasteiger partial charge in [0.25, 0.3) is 0 Å². The fraction of sp³-hybridized carbons (Fsp3) is 0.600. The molecule has 0 aliphatic heterocycles. The molecule has 0 spiro atoms. The molecule has 0 heterocycles. The third kappa shape index (κ3) is 64.9. The molecule has 0 aromatic carbocycles. The van der Waals surface area contributed by atoms with Crippen molar-refractivity contribution in [2.45, 2.75) is 13.8 Å². The molecule has 0 nitrogen and oxygen atoms in total. The Bertz CT molecular complexity index is 10.8. The van der Waals surface area contributed by atoms with Crippen molar-refractivity contribution in [1.29, 1.82) is 0 Å². The molecule has 0 fully saturated rings. The molecule has 0 rings (SSSR count). The summed E-state index contributed by atoms with van der Waals surface area (Å²) in [4.78, 5) is 0. The molecule has 0 atom stereocenters. The van der Waals surface area contributed by atoms with Gasteiger partial charge in [-0.15, -0.1) is 0 Å². The molecule has 0 aliphatic carbocycles. The quantitative estimate of drug-likeness (QED) is 0.576. The minimum Gasteiger partial charge on any atom is -0.358 e. The summed E-state index contributed by atoms with van der Waals surface area (Å²) in [7, 11) is 0. The zero-order valence-electron chi connectivity index (χ0n) is 5.44. The van der Waals surface area contributed by atoms with Gasteiger partial charge in [0.05, 0.1) is 0 Å². The average molecular weight is 250 g/mol. The van der Waals surface area contributed by atoms with Crippen molar-refractivity contribution in [2.75, 3.05) is 0 Å². The van der Waals surface area contributed by atoms with E-state index in [1.54, 1.807) is 0 Å². The van der Waals surface area contributed by atoms with Gasteiger partial charge in [-0.3, -0.25) is 0 Å². The first-order valence-corrected chi connectivity index (χ1v) is 1.56. The summed E-state index contributed by atoms with van der Waals surface area (Å²) in [6.45, 7) is 7.75. The molecule has 0 N–H and O–H groups in total. The van der Waals surface area contributed by atoms with E-state index in [-0.39, 0.29) is 72.8 Å². The van der Waals surface area contributed by atoms with Crippen molar-refractivity contribution < 1.29 is 65.4 Å². The Morgan fingerprint density at radius 3 is 1.14 bits per heavy atom. The van der Waals surface area contributed by atoms with Gasteiger partial charge in [-0.1, -0.05) is 13.8 Å². The van der Waals surface area contributed by atoms with Crippen LogP contribution in [0.15, 0.2) is 0 Å². The van der Waals surface area contributed by atoms with Crippen LogP contribution in [0.3, 0.4) is 0 Å². The van der Waals surface area contributed by atoms with Crippen LogP contribution in [0.25, 0.3) is 0 Å². The molecule has 2 radical (unpaired) electrons. The molecule has 0 saturated carbocycles. The van der Waals surface area contributed by atoms with Crippen molar-refractivity contribution in [3.63, 3.8) is 0 Å². The van der Waals surface area contributed by atoms with Crippen LogP contribution in [0.1, 0.15) is 13.8 Å². The van der Waals surface area contributed by atoms with E-state index in [0.717, 1.165) is 0 Å². The van der Waals surface area contributed by atoms with Crippen molar-refractivity contribution in [3.05, 3.63) is 14.4 Å². The molecule has 0 amide bonds. The molecule has 40 valence electrons. The average Bonchev–Trinajstić information content (AvgIpc) is 0.811. The van der Waals surface area contributed by atoms with Gasteiger partial charge in [0.1, 0.15) is 0 Å². The summed E-state index contributed by atoms with van der Waals surface area (Å²) >= 11 is 0. The van der Waals surface area contributed by atoms with Crippen LogP contribution < -0.4 is 0 Å². The second-order valence-corrected chi connectivity index (χ2v) is 1.39. The molecule has 0 aromatic rings. The predicted molar refractivity (Wildman–Crippen MR) is 26.6 cm³/mol. The summed E-state index contributed by atoms with van der Waals surface area (Å²) in [5, 5.41) is 0. The molecular formula is C5H12Y2-2. The van der Waals surface area contributed by atoms with Crippen LogP contribution in [0, 0.1) is 20.3 Å². The van der Waals surface area contributed by atoms with E-state index in [2.05, 4.69) is 20.8 Å². The first-order chi connectivity index (χ1) is 1.73. The van der Waals surface area contributed by atoms with Crippen LogP contribution in [-0.4, -0.2) is 0 Å². The van der Waals surface area contributed by atoms with E-state index in [1.807, 2.05) is 0 Å². The zero-order chi connectivity index (χ0) is 3.58. The maximum Gasteiger partial charge on any atom is 0 e. The van der Waals surface area contributed by atoms with Crippen molar-refractivity contribution in [2.24, 2.45) is 5.92 Å². The normalized spacial score (nSPS) is 5.14. The third-order valence-electron chi connectivity index (χ3n) is 0. The number of rotatable bonds is 0. The summed E-state index contributed by atoms with van der Waals surface area (Å²) < 4.78 is 0. The molecule has 7 heavy (non-hydrogen) atoms. The number of hydrogen-bond acceptors (Lipinski definition) is 0. The SMILES string of the molecule is [CH2-]C(C)C.[CH3-].[Y].[Y]. The molecular weight excluding hydrogens is 238 g/mol. The summed E-state index contributed by atoms with van der Waals surface area (Å²) in [5.41, 5.74) is 0. The third-order valence-corrected chi connectivity index (χ3v) is 0. The summed E-state index contributed by atoms with van der Waals surface area (Å²) in [6.07, 6.45) is 0. The summed E-state index contributed by atoms with van der Waals surface area (Å²) in [6, 6.07) is 0. The van der Waals surface area contributed by atoms with E-state index in [9.17, 15) is 0 Å². The van der Waals surface area contributed by atoms with E-state index >= 15 is 0 Å². The van der Waals surface area contributed by atoms with E-state index in [4.69, 9.17) is 0 Å². The van der Waals surface area contributed by atoms with Gasteiger partial charge < -0.3 is 14.4 Å². The molecule has 0 aliphatic rings. The maximum atomic E-state index is 3.64. The fourth-order valence-corrected chi connectivity index (χ4v) is 0. The van der Waals surface area contributed by atoms with Crippen molar-refractivity contribution >= 4 is 0 Å². The van der Waals surface area contributed by atoms with Gasteiger partial charge in [-0.2, -0.15) is 5.92 Å². The smallest absolute Gasteiger partial charge is 0 e. The van der Waals surface area contributed by atoms with Crippen LogP contribution >= 0.6 is 0 Å². The Labute approximate surface area is 98.0 Å². The topological polar surface area (TPSA) is 0 Å². The fourth-order valence-electron chi connectivity index (χ4n) is 0. The van der Waals surface area contributed by atoms with Crippen LogP contribution in [0.4, 0.5) is 0 Å². The van der Waals surface area contributed by atoms with E-state index < -0.39 is 0 Å². The first kappa shape index (κ1) is 22.9. The minimum atomic E-state index is 0. The predicted octanol–water partition coefficient (Wildman–Crippen LogP) is 1.92. The van der Waals surface area contributed by atoms with Crippen molar-refractivity contribution in [3.8, 4) is 0 Å². The Kier molecular flexibility index (Phi) is 51.4. The molecule has 0 saturated heterocycles. The summed E-state index contributed by atoms with van der Waals surface area (Å²) in [5.74, 6) is 0.583. The zero-order valence-corrected chi connectivity index (χ0v) is 11.1. The molecule has 2 heteroatoms. The second-order valence-electron chi connectivity index (χ2n) is 1.39. The van der Waals surface area contributed by atoms with Gasteiger partial charge in [0.2, 0.25) is 0 Å². The Morgan fingerprint density at radius 1 is 1.14 bits per heavy atom. The standard InChI is InChI=1S/C4H9.CH3.2Y/c1-4(2)3;;;/h4H,1H2,2-3H3;1H3;;/q2*-1;;. The maximum absolute atomic E-state index is 3.64. The minimum absolute atomic E-state index is 0. The van der Waals surface area contributed by atoms with Crippen LogP contribution in [0.5, 0.6) is 0 Å². The number of hydrogen-bond donors (Lipinski definition) is 0. The largest absolute Gasteiger partial charge is 0.358 e. The van der Waals surface area contributed by atoms with Crippen LogP contribution in [0.2, 0.25) is 0 Å². The second kappa shape index (κ2) is 15.7. The van der Waals surface area contributed by atoms with Crippen LogP contribution in [-0.2, 0) is 65.4 Å². The molecule has 0 aromatic heterocycles. The monoisotopic (exact) mass is 250 g/mol. The molecule has 0 bridgehead atoms. The van der Waals surface area contributed by atoms with E-state index in [0.29, 0.717) is 5.92 Å². The van der Waals surface area contributed by atoms with E-state index in [1.165, 1.54) is 0 Å². The Morgan fingerprint density at radius 2 is 1.14 bits per heavy atom.